The zero-order valence-corrected chi connectivity index (χ0v) is 17.5. The summed E-state index contributed by atoms with van der Waals surface area (Å²) in [7, 11) is 1.99. The van der Waals surface area contributed by atoms with Crippen molar-refractivity contribution in [1.82, 2.24) is 14.5 Å². The number of anilines is 1. The van der Waals surface area contributed by atoms with Crippen molar-refractivity contribution in [3.8, 4) is 0 Å². The first-order chi connectivity index (χ1) is 14.3. The van der Waals surface area contributed by atoms with Gasteiger partial charge in [0.1, 0.15) is 0 Å². The molecule has 1 aliphatic carbocycles. The van der Waals surface area contributed by atoms with Gasteiger partial charge in [0, 0.05) is 31.7 Å². The summed E-state index contributed by atoms with van der Waals surface area (Å²) in [5.74, 6) is 1.00. The van der Waals surface area contributed by atoms with E-state index in [-0.39, 0.29) is 5.54 Å². The van der Waals surface area contributed by atoms with E-state index in [1.54, 1.807) is 0 Å². The molecule has 29 heavy (non-hydrogen) atoms. The van der Waals surface area contributed by atoms with E-state index >= 15 is 0 Å². The molecule has 0 amide bonds. The Morgan fingerprint density at radius 1 is 0.897 bits per heavy atom. The number of hydrogen-bond donors (Lipinski definition) is 1. The topological polar surface area (TPSA) is 33.1 Å². The van der Waals surface area contributed by atoms with E-state index in [1.807, 2.05) is 7.05 Å². The molecule has 152 valence electrons. The molecule has 0 unspecified atom stereocenters. The summed E-state index contributed by atoms with van der Waals surface area (Å²) >= 11 is 0. The molecule has 5 rings (SSSR count). The lowest BCUT2D eigenvalue weighted by molar-refractivity contribution is 0.0194. The van der Waals surface area contributed by atoms with Crippen molar-refractivity contribution in [2.45, 2.75) is 56.5 Å². The Bertz CT molecular complexity index is 947. The Hall–Kier alpha value is -2.33. The maximum atomic E-state index is 4.81. The van der Waals surface area contributed by atoms with Crippen LogP contribution in [0.3, 0.4) is 0 Å². The molecule has 1 saturated heterocycles. The number of aromatic nitrogens is 2. The molecule has 3 aromatic rings. The third-order valence-corrected chi connectivity index (χ3v) is 7.25. The van der Waals surface area contributed by atoms with E-state index in [4.69, 9.17) is 4.98 Å². The van der Waals surface area contributed by atoms with Gasteiger partial charge in [-0.2, -0.15) is 0 Å². The number of para-hydroxylation sites is 2. The number of fused-ring (bicyclic) bond motifs is 1. The lowest BCUT2D eigenvalue weighted by Crippen LogP contribution is -2.51. The predicted molar refractivity (Wildman–Crippen MR) is 120 cm³/mol. The minimum atomic E-state index is 0.243. The van der Waals surface area contributed by atoms with E-state index in [0.29, 0.717) is 6.04 Å². The normalized spacial score (nSPS) is 20.7. The van der Waals surface area contributed by atoms with Crippen molar-refractivity contribution >= 4 is 17.0 Å². The quantitative estimate of drug-likeness (QED) is 0.634. The van der Waals surface area contributed by atoms with Crippen LogP contribution in [0.2, 0.25) is 0 Å². The molecule has 1 N–H and O–H groups in total. The van der Waals surface area contributed by atoms with Gasteiger partial charge < -0.3 is 9.88 Å². The van der Waals surface area contributed by atoms with Gasteiger partial charge in [-0.1, -0.05) is 61.7 Å². The van der Waals surface area contributed by atoms with Crippen LogP contribution in [0.1, 0.15) is 56.6 Å². The number of likely N-dealkylation sites (tertiary alicyclic amines) is 1. The minimum Gasteiger partial charge on any atom is -0.359 e. The van der Waals surface area contributed by atoms with Gasteiger partial charge in [0.25, 0.3) is 0 Å². The molecule has 2 aromatic carbocycles. The summed E-state index contributed by atoms with van der Waals surface area (Å²) in [6.07, 6.45) is 9.06. The van der Waals surface area contributed by atoms with E-state index in [0.717, 1.165) is 24.6 Å². The molecule has 4 heteroatoms. The molecule has 0 radical (unpaired) electrons. The number of nitrogens with one attached hydrogen (secondary N) is 1. The van der Waals surface area contributed by atoms with Crippen LogP contribution in [0.5, 0.6) is 0 Å². The van der Waals surface area contributed by atoms with Gasteiger partial charge in [-0.05, 0) is 43.4 Å². The summed E-state index contributed by atoms with van der Waals surface area (Å²) < 4.78 is 2.45. The van der Waals surface area contributed by atoms with Gasteiger partial charge in [-0.3, -0.25) is 4.90 Å². The Balaban J connectivity index is 1.41. The average Bonchev–Trinajstić information content (AvgIpc) is 3.19. The van der Waals surface area contributed by atoms with Crippen LogP contribution in [-0.2, 0) is 5.54 Å². The van der Waals surface area contributed by atoms with E-state index in [2.05, 4.69) is 69.4 Å². The molecule has 0 atom stereocenters. The van der Waals surface area contributed by atoms with Gasteiger partial charge in [-0.15, -0.1) is 0 Å². The number of piperidine rings is 1. The summed E-state index contributed by atoms with van der Waals surface area (Å²) in [5, 5.41) is 3.33. The molecule has 1 aromatic heterocycles. The van der Waals surface area contributed by atoms with Crippen molar-refractivity contribution in [1.29, 1.82) is 0 Å². The first-order valence-electron chi connectivity index (χ1n) is 11.3. The van der Waals surface area contributed by atoms with Crippen LogP contribution in [-0.4, -0.2) is 34.6 Å². The third kappa shape index (κ3) is 3.24. The fourth-order valence-corrected chi connectivity index (χ4v) is 5.82. The number of imidazole rings is 1. The van der Waals surface area contributed by atoms with Crippen molar-refractivity contribution in [2.24, 2.45) is 0 Å². The van der Waals surface area contributed by atoms with Gasteiger partial charge in [0.2, 0.25) is 5.95 Å². The maximum absolute atomic E-state index is 4.81. The molecule has 2 aliphatic rings. The SMILES string of the molecule is CNc1nc2ccccc2n1C1CCN(C2(c3ccccc3)CCCCC2)CC1. The van der Waals surface area contributed by atoms with Crippen LogP contribution in [0.4, 0.5) is 5.95 Å². The Morgan fingerprint density at radius 2 is 1.59 bits per heavy atom. The molecule has 2 fully saturated rings. The monoisotopic (exact) mass is 388 g/mol. The first-order valence-corrected chi connectivity index (χ1v) is 11.3. The predicted octanol–water partition coefficient (Wildman–Crippen LogP) is 5.57. The van der Waals surface area contributed by atoms with Crippen LogP contribution in [0.25, 0.3) is 11.0 Å². The second kappa shape index (κ2) is 7.83. The molecule has 0 spiro atoms. The molecule has 1 saturated carbocycles. The van der Waals surface area contributed by atoms with Crippen molar-refractivity contribution in [2.75, 3.05) is 25.5 Å². The first kappa shape index (κ1) is 18.7. The Morgan fingerprint density at radius 3 is 2.31 bits per heavy atom. The minimum absolute atomic E-state index is 0.243. The van der Waals surface area contributed by atoms with Crippen LogP contribution in [0, 0.1) is 0 Å². The fraction of sp³-hybridized carbons (Fsp3) is 0.480. The molecular weight excluding hydrogens is 356 g/mol. The van der Waals surface area contributed by atoms with E-state index in [1.165, 1.54) is 56.0 Å². The highest BCUT2D eigenvalue weighted by molar-refractivity contribution is 5.78. The van der Waals surface area contributed by atoms with Crippen molar-refractivity contribution in [3.05, 3.63) is 60.2 Å². The van der Waals surface area contributed by atoms with Crippen LogP contribution >= 0.6 is 0 Å². The second-order valence-corrected chi connectivity index (χ2v) is 8.72. The molecule has 2 heterocycles. The smallest absolute Gasteiger partial charge is 0.203 e. The average molecular weight is 389 g/mol. The number of hydrogen-bond acceptors (Lipinski definition) is 3. The van der Waals surface area contributed by atoms with Gasteiger partial charge in [0.05, 0.1) is 11.0 Å². The molecular formula is C25H32N4. The zero-order chi connectivity index (χ0) is 19.7. The Kier molecular flexibility index (Phi) is 5.04. The number of nitrogens with zero attached hydrogens (tertiary/aromatic N) is 3. The Labute approximate surface area is 173 Å². The lowest BCUT2D eigenvalue weighted by Gasteiger charge is -2.50. The van der Waals surface area contributed by atoms with Crippen molar-refractivity contribution < 1.29 is 0 Å². The van der Waals surface area contributed by atoms with E-state index < -0.39 is 0 Å². The van der Waals surface area contributed by atoms with Crippen LogP contribution < -0.4 is 5.32 Å². The van der Waals surface area contributed by atoms with Gasteiger partial charge in [0.15, 0.2) is 0 Å². The van der Waals surface area contributed by atoms with Gasteiger partial charge in [-0.25, -0.2) is 4.98 Å². The summed E-state index contributed by atoms with van der Waals surface area (Å²) in [6.45, 7) is 2.32. The third-order valence-electron chi connectivity index (χ3n) is 7.25. The molecule has 1 aliphatic heterocycles. The fourth-order valence-electron chi connectivity index (χ4n) is 5.82. The van der Waals surface area contributed by atoms with Gasteiger partial charge >= 0.3 is 0 Å². The molecule has 0 bridgehead atoms. The summed E-state index contributed by atoms with van der Waals surface area (Å²) in [6, 6.07) is 20.4. The highest BCUT2D eigenvalue weighted by Crippen LogP contribution is 2.44. The van der Waals surface area contributed by atoms with Crippen molar-refractivity contribution in [3.63, 3.8) is 0 Å². The standard InChI is InChI=1S/C25H32N4/c1-26-24-27-22-12-6-7-13-23(22)29(24)21-14-18-28(19-15-21)25(16-8-3-9-17-25)20-10-4-2-5-11-20/h2,4-7,10-13,21H,3,8-9,14-19H2,1H3,(H,26,27). The number of benzene rings is 2. The highest BCUT2D eigenvalue weighted by Gasteiger charge is 2.41. The molecule has 4 nitrogen and oxygen atoms in total. The van der Waals surface area contributed by atoms with Crippen LogP contribution in [0.15, 0.2) is 54.6 Å². The summed E-state index contributed by atoms with van der Waals surface area (Å²) in [5.41, 5.74) is 4.12. The number of rotatable bonds is 4. The van der Waals surface area contributed by atoms with E-state index in [9.17, 15) is 0 Å². The largest absolute Gasteiger partial charge is 0.359 e. The maximum Gasteiger partial charge on any atom is 0.203 e. The zero-order valence-electron chi connectivity index (χ0n) is 17.5. The summed E-state index contributed by atoms with van der Waals surface area (Å²) in [4.78, 5) is 7.63. The highest BCUT2D eigenvalue weighted by atomic mass is 15.3. The second-order valence-electron chi connectivity index (χ2n) is 8.72. The lowest BCUT2D eigenvalue weighted by atomic mass is 9.74.